The van der Waals surface area contributed by atoms with Gasteiger partial charge in [-0.1, -0.05) is 12.8 Å². The third kappa shape index (κ3) is 6.84. The summed E-state index contributed by atoms with van der Waals surface area (Å²) in [5.41, 5.74) is 0.362. The second kappa shape index (κ2) is 9.71. The lowest BCUT2D eigenvalue weighted by atomic mass is 9.82. The predicted molar refractivity (Wildman–Crippen MR) is 108 cm³/mol. The summed E-state index contributed by atoms with van der Waals surface area (Å²) >= 11 is 0. The third-order valence-electron chi connectivity index (χ3n) is 6.56. The molecule has 1 aliphatic heterocycles. The van der Waals surface area contributed by atoms with E-state index in [2.05, 4.69) is 51.3 Å². The molecule has 0 aromatic carbocycles. The highest BCUT2D eigenvalue weighted by Crippen LogP contribution is 2.32. The zero-order chi connectivity index (χ0) is 18.4. The van der Waals surface area contributed by atoms with Gasteiger partial charge in [0.2, 0.25) is 0 Å². The largest absolute Gasteiger partial charge is 0.376 e. The summed E-state index contributed by atoms with van der Waals surface area (Å²) in [6, 6.07) is 0.695. The Morgan fingerprint density at radius 2 is 1.52 bits per heavy atom. The molecule has 2 fully saturated rings. The Kier molecular flexibility index (Phi) is 8.23. The molecule has 0 radical (unpaired) electrons. The highest BCUT2D eigenvalue weighted by Gasteiger charge is 2.30. The van der Waals surface area contributed by atoms with Crippen LogP contribution >= 0.6 is 0 Å². The molecule has 25 heavy (non-hydrogen) atoms. The van der Waals surface area contributed by atoms with Crippen LogP contribution in [0.4, 0.5) is 0 Å². The van der Waals surface area contributed by atoms with Crippen molar-refractivity contribution in [1.82, 2.24) is 9.80 Å². The molecule has 0 spiro atoms. The van der Waals surface area contributed by atoms with Gasteiger partial charge in [0, 0.05) is 37.8 Å². The van der Waals surface area contributed by atoms with Crippen LogP contribution in [0.1, 0.15) is 86.5 Å². The van der Waals surface area contributed by atoms with Crippen molar-refractivity contribution in [2.24, 2.45) is 5.92 Å². The van der Waals surface area contributed by atoms with Gasteiger partial charge in [-0.25, -0.2) is 0 Å². The van der Waals surface area contributed by atoms with Crippen LogP contribution in [0.15, 0.2) is 0 Å². The molecule has 0 unspecified atom stereocenters. The minimum atomic E-state index is 0.362. The Balaban J connectivity index is 1.64. The van der Waals surface area contributed by atoms with Gasteiger partial charge in [-0.3, -0.25) is 9.80 Å². The van der Waals surface area contributed by atoms with Gasteiger partial charge in [0.25, 0.3) is 0 Å². The van der Waals surface area contributed by atoms with E-state index in [4.69, 9.17) is 4.74 Å². The summed E-state index contributed by atoms with van der Waals surface area (Å²) in [5.74, 6) is 0.945. The number of rotatable bonds is 8. The van der Waals surface area contributed by atoms with Gasteiger partial charge >= 0.3 is 0 Å². The topological polar surface area (TPSA) is 15.7 Å². The Labute approximate surface area is 157 Å². The van der Waals surface area contributed by atoms with Crippen molar-refractivity contribution in [2.75, 3.05) is 26.2 Å². The van der Waals surface area contributed by atoms with Crippen molar-refractivity contribution in [3.63, 3.8) is 0 Å². The van der Waals surface area contributed by atoms with E-state index in [9.17, 15) is 0 Å². The maximum absolute atomic E-state index is 5.99. The van der Waals surface area contributed by atoms with Crippen molar-refractivity contribution in [3.8, 4) is 0 Å². The number of nitrogens with zero attached hydrogens (tertiary/aromatic N) is 2. The number of hydrogen-bond donors (Lipinski definition) is 0. The average Bonchev–Trinajstić information content (AvgIpc) is 2.56. The highest BCUT2D eigenvalue weighted by atomic mass is 16.5. The monoisotopic (exact) mass is 352 g/mol. The van der Waals surface area contributed by atoms with Crippen LogP contribution in [0.2, 0.25) is 0 Å². The van der Waals surface area contributed by atoms with Gasteiger partial charge in [0.05, 0.1) is 12.2 Å². The number of ether oxygens (including phenoxy) is 1. The van der Waals surface area contributed by atoms with E-state index in [1.54, 1.807) is 0 Å². The lowest BCUT2D eigenvalue weighted by Crippen LogP contribution is -2.55. The fourth-order valence-electron chi connectivity index (χ4n) is 4.77. The molecule has 148 valence electrons. The van der Waals surface area contributed by atoms with Gasteiger partial charge in [-0.2, -0.15) is 0 Å². The molecule has 0 aromatic rings. The van der Waals surface area contributed by atoms with E-state index >= 15 is 0 Å². The molecule has 1 saturated carbocycles. The zero-order valence-electron chi connectivity index (χ0n) is 17.9. The van der Waals surface area contributed by atoms with Crippen molar-refractivity contribution in [1.29, 1.82) is 0 Å². The molecule has 1 aliphatic carbocycles. The Morgan fingerprint density at radius 3 is 2.04 bits per heavy atom. The molecule has 0 N–H and O–H groups in total. The normalized spacial score (nSPS) is 27.4. The molecule has 0 aromatic heterocycles. The highest BCUT2D eigenvalue weighted by molar-refractivity contribution is 4.86. The first-order valence-corrected chi connectivity index (χ1v) is 10.9. The van der Waals surface area contributed by atoms with Crippen LogP contribution in [-0.2, 0) is 4.74 Å². The summed E-state index contributed by atoms with van der Waals surface area (Å²) in [5, 5.41) is 0. The van der Waals surface area contributed by atoms with Crippen LogP contribution in [0, 0.1) is 5.92 Å². The minimum absolute atomic E-state index is 0.362. The fraction of sp³-hybridized carbons (Fsp3) is 1.00. The van der Waals surface area contributed by atoms with E-state index < -0.39 is 0 Å². The standard InChI is InChI=1S/C22H44N2O/c1-18(2)23-14-16-24(17-15-23)22(5,6)13-7-8-20-9-11-21(12-10-20)25-19(3)4/h18-21H,7-17H2,1-6H3/t20-,21-. The Bertz CT molecular complexity index is 364. The second-order valence-corrected chi connectivity index (χ2v) is 9.65. The molecule has 2 aliphatic rings. The van der Waals surface area contributed by atoms with Crippen molar-refractivity contribution < 1.29 is 4.74 Å². The number of hydrogen-bond acceptors (Lipinski definition) is 3. The number of piperazine rings is 1. The van der Waals surface area contributed by atoms with Crippen LogP contribution < -0.4 is 0 Å². The Morgan fingerprint density at radius 1 is 0.920 bits per heavy atom. The van der Waals surface area contributed by atoms with E-state index in [0.29, 0.717) is 23.8 Å². The first kappa shape index (κ1) is 21.2. The summed E-state index contributed by atoms with van der Waals surface area (Å²) in [4.78, 5) is 5.35. The van der Waals surface area contributed by atoms with Crippen molar-refractivity contribution >= 4 is 0 Å². The molecule has 0 amide bonds. The Hall–Kier alpha value is -0.120. The zero-order valence-corrected chi connectivity index (χ0v) is 17.9. The van der Waals surface area contributed by atoms with Crippen LogP contribution in [-0.4, -0.2) is 59.8 Å². The molecule has 3 nitrogen and oxygen atoms in total. The van der Waals surface area contributed by atoms with E-state index in [1.807, 2.05) is 0 Å². The smallest absolute Gasteiger partial charge is 0.0578 e. The van der Waals surface area contributed by atoms with E-state index in [-0.39, 0.29) is 0 Å². The van der Waals surface area contributed by atoms with Gasteiger partial charge in [-0.05, 0) is 79.6 Å². The van der Waals surface area contributed by atoms with Crippen molar-refractivity contribution in [3.05, 3.63) is 0 Å². The predicted octanol–water partition coefficient (Wildman–Crippen LogP) is 4.95. The maximum Gasteiger partial charge on any atom is 0.0578 e. The van der Waals surface area contributed by atoms with Gasteiger partial charge < -0.3 is 4.74 Å². The molecule has 3 heteroatoms. The van der Waals surface area contributed by atoms with Crippen LogP contribution in [0.3, 0.4) is 0 Å². The summed E-state index contributed by atoms with van der Waals surface area (Å²) in [6.45, 7) is 18.8. The quantitative estimate of drug-likeness (QED) is 0.615. The van der Waals surface area contributed by atoms with E-state index in [0.717, 1.165) is 5.92 Å². The van der Waals surface area contributed by atoms with Gasteiger partial charge in [-0.15, -0.1) is 0 Å². The molecule has 0 bridgehead atoms. The molecule has 1 heterocycles. The molecular weight excluding hydrogens is 308 g/mol. The summed E-state index contributed by atoms with van der Waals surface area (Å²) in [6.07, 6.45) is 10.4. The molecule has 0 atom stereocenters. The average molecular weight is 353 g/mol. The third-order valence-corrected chi connectivity index (χ3v) is 6.56. The first-order chi connectivity index (χ1) is 11.8. The first-order valence-electron chi connectivity index (χ1n) is 10.9. The van der Waals surface area contributed by atoms with Crippen LogP contribution in [0.5, 0.6) is 0 Å². The molecule has 1 saturated heterocycles. The SMILES string of the molecule is CC(C)O[C@H]1CC[C@H](CCCC(C)(C)N2CCN(C(C)C)CC2)CC1. The lowest BCUT2D eigenvalue weighted by molar-refractivity contribution is -0.0208. The fourth-order valence-corrected chi connectivity index (χ4v) is 4.77. The second-order valence-electron chi connectivity index (χ2n) is 9.65. The summed E-state index contributed by atoms with van der Waals surface area (Å²) in [7, 11) is 0. The lowest BCUT2D eigenvalue weighted by Gasteiger charge is -2.45. The van der Waals surface area contributed by atoms with Gasteiger partial charge in [0.1, 0.15) is 0 Å². The van der Waals surface area contributed by atoms with Crippen LogP contribution in [0.25, 0.3) is 0 Å². The molecule has 2 rings (SSSR count). The van der Waals surface area contributed by atoms with Gasteiger partial charge in [0.15, 0.2) is 0 Å². The van der Waals surface area contributed by atoms with Crippen molar-refractivity contribution in [2.45, 2.75) is 110 Å². The van der Waals surface area contributed by atoms with E-state index in [1.165, 1.54) is 71.1 Å². The maximum atomic E-state index is 5.99. The summed E-state index contributed by atoms with van der Waals surface area (Å²) < 4.78 is 5.99. The minimum Gasteiger partial charge on any atom is -0.376 e. The molecular formula is C22H44N2O.